The summed E-state index contributed by atoms with van der Waals surface area (Å²) in [5.41, 5.74) is -0.240. The molecule has 0 saturated heterocycles. The van der Waals surface area contributed by atoms with Gasteiger partial charge in [-0.2, -0.15) is 5.26 Å². The molecule has 0 heterocycles. The molecule has 0 rings (SSSR count). The standard InChI is InChI=1S/C11H16N4O4/c1-7(11(18)19)15-10(17)9(5-12)6-13-3-4-14-8(2)16/h6-7,13H,3-4H2,1-2H3,(H,14,16)(H,15,17)(H,18,19)/b9-6-. The minimum Gasteiger partial charge on any atom is -0.480 e. The summed E-state index contributed by atoms with van der Waals surface area (Å²) in [5, 5.41) is 24.7. The first kappa shape index (κ1) is 16.4. The van der Waals surface area contributed by atoms with Crippen molar-refractivity contribution in [3.63, 3.8) is 0 Å². The van der Waals surface area contributed by atoms with Crippen LogP contribution in [0.15, 0.2) is 11.8 Å². The Morgan fingerprint density at radius 1 is 1.37 bits per heavy atom. The Morgan fingerprint density at radius 3 is 2.47 bits per heavy atom. The summed E-state index contributed by atoms with van der Waals surface area (Å²) < 4.78 is 0. The zero-order chi connectivity index (χ0) is 14.8. The van der Waals surface area contributed by atoms with Crippen LogP contribution in [-0.2, 0) is 14.4 Å². The molecule has 0 saturated carbocycles. The van der Waals surface area contributed by atoms with Crippen molar-refractivity contribution in [2.24, 2.45) is 0 Å². The highest BCUT2D eigenvalue weighted by atomic mass is 16.4. The molecule has 0 spiro atoms. The molecule has 8 heteroatoms. The Kier molecular flexibility index (Phi) is 7.37. The van der Waals surface area contributed by atoms with E-state index in [1.807, 2.05) is 0 Å². The van der Waals surface area contributed by atoms with Gasteiger partial charge in [0.2, 0.25) is 5.91 Å². The highest BCUT2D eigenvalue weighted by Crippen LogP contribution is 1.92. The summed E-state index contributed by atoms with van der Waals surface area (Å²) in [7, 11) is 0. The zero-order valence-corrected chi connectivity index (χ0v) is 10.7. The van der Waals surface area contributed by atoms with E-state index in [4.69, 9.17) is 10.4 Å². The van der Waals surface area contributed by atoms with Crippen LogP contribution in [0.25, 0.3) is 0 Å². The topological polar surface area (TPSA) is 131 Å². The van der Waals surface area contributed by atoms with Crippen molar-refractivity contribution in [3.8, 4) is 6.07 Å². The van der Waals surface area contributed by atoms with E-state index in [0.717, 1.165) is 0 Å². The van der Waals surface area contributed by atoms with E-state index in [-0.39, 0.29) is 11.5 Å². The average Bonchev–Trinajstić information content (AvgIpc) is 2.32. The maximum atomic E-state index is 11.5. The lowest BCUT2D eigenvalue weighted by Gasteiger charge is -2.08. The molecule has 0 bridgehead atoms. The molecule has 0 aromatic carbocycles. The molecule has 104 valence electrons. The first-order chi connectivity index (χ1) is 8.88. The van der Waals surface area contributed by atoms with Crippen molar-refractivity contribution in [1.29, 1.82) is 5.26 Å². The molecular weight excluding hydrogens is 252 g/mol. The molecule has 0 aliphatic carbocycles. The van der Waals surface area contributed by atoms with E-state index in [1.165, 1.54) is 20.0 Å². The van der Waals surface area contributed by atoms with Crippen LogP contribution in [0.5, 0.6) is 0 Å². The van der Waals surface area contributed by atoms with Crippen LogP contribution < -0.4 is 16.0 Å². The molecule has 0 aromatic heterocycles. The van der Waals surface area contributed by atoms with E-state index < -0.39 is 17.9 Å². The van der Waals surface area contributed by atoms with Gasteiger partial charge in [-0.25, -0.2) is 0 Å². The highest BCUT2D eigenvalue weighted by Gasteiger charge is 2.16. The molecule has 0 fully saturated rings. The third-order valence-electron chi connectivity index (χ3n) is 1.97. The number of nitriles is 1. The van der Waals surface area contributed by atoms with Crippen LogP contribution in [0.4, 0.5) is 0 Å². The minimum absolute atomic E-state index is 0.181. The smallest absolute Gasteiger partial charge is 0.325 e. The van der Waals surface area contributed by atoms with Crippen molar-refractivity contribution >= 4 is 17.8 Å². The second-order valence-electron chi connectivity index (χ2n) is 3.64. The predicted molar refractivity (Wildman–Crippen MR) is 65.6 cm³/mol. The molecule has 1 atom stereocenters. The SMILES string of the molecule is CC(=O)NCCN/C=C(/C#N)C(=O)NC(C)C(=O)O. The number of carboxylic acids is 1. The van der Waals surface area contributed by atoms with Crippen LogP contribution in [0.3, 0.4) is 0 Å². The number of carbonyl (C=O) groups excluding carboxylic acids is 2. The second-order valence-corrected chi connectivity index (χ2v) is 3.64. The van der Waals surface area contributed by atoms with Crippen molar-refractivity contribution in [2.75, 3.05) is 13.1 Å². The number of aliphatic carboxylic acids is 1. The molecule has 0 aliphatic rings. The monoisotopic (exact) mass is 268 g/mol. The summed E-state index contributed by atoms with van der Waals surface area (Å²) in [6.45, 7) is 3.35. The Bertz CT molecular complexity index is 425. The van der Waals surface area contributed by atoms with Crippen LogP contribution in [0.2, 0.25) is 0 Å². The minimum atomic E-state index is -1.19. The molecule has 8 nitrogen and oxygen atoms in total. The molecule has 0 aliphatic heterocycles. The summed E-state index contributed by atoms with van der Waals surface area (Å²) in [4.78, 5) is 32.6. The molecule has 19 heavy (non-hydrogen) atoms. The molecule has 0 aromatic rings. The fourth-order valence-electron chi connectivity index (χ4n) is 0.970. The van der Waals surface area contributed by atoms with Gasteiger partial charge in [-0.3, -0.25) is 14.4 Å². The third-order valence-corrected chi connectivity index (χ3v) is 1.97. The van der Waals surface area contributed by atoms with Crippen LogP contribution in [-0.4, -0.2) is 42.0 Å². The van der Waals surface area contributed by atoms with Gasteiger partial charge in [0.05, 0.1) is 0 Å². The van der Waals surface area contributed by atoms with Crippen molar-refractivity contribution in [3.05, 3.63) is 11.8 Å². The predicted octanol–water partition coefficient (Wildman–Crippen LogP) is -1.29. The van der Waals surface area contributed by atoms with E-state index in [1.54, 1.807) is 6.07 Å². The molecule has 2 amide bonds. The Labute approximate surface area is 110 Å². The van der Waals surface area contributed by atoms with Gasteiger partial charge in [0.15, 0.2) is 0 Å². The molecule has 4 N–H and O–H groups in total. The Balaban J connectivity index is 4.25. The zero-order valence-electron chi connectivity index (χ0n) is 10.7. The quantitative estimate of drug-likeness (QED) is 0.258. The highest BCUT2D eigenvalue weighted by molar-refractivity contribution is 5.99. The van der Waals surface area contributed by atoms with Crippen LogP contribution in [0, 0.1) is 11.3 Å². The molecule has 0 radical (unpaired) electrons. The van der Waals surface area contributed by atoms with Gasteiger partial charge in [0.1, 0.15) is 17.7 Å². The lowest BCUT2D eigenvalue weighted by Crippen LogP contribution is -2.39. The van der Waals surface area contributed by atoms with Gasteiger partial charge in [-0.05, 0) is 6.92 Å². The molecule has 1 unspecified atom stereocenters. The van der Waals surface area contributed by atoms with Gasteiger partial charge in [-0.1, -0.05) is 0 Å². The summed E-state index contributed by atoms with van der Waals surface area (Å²) >= 11 is 0. The fourth-order valence-corrected chi connectivity index (χ4v) is 0.970. The Hall–Kier alpha value is -2.56. The lowest BCUT2D eigenvalue weighted by molar-refractivity contribution is -0.140. The Morgan fingerprint density at radius 2 is 2.00 bits per heavy atom. The lowest BCUT2D eigenvalue weighted by atomic mass is 10.2. The van der Waals surface area contributed by atoms with E-state index >= 15 is 0 Å². The van der Waals surface area contributed by atoms with Crippen molar-refractivity contribution in [2.45, 2.75) is 19.9 Å². The number of carboxylic acid groups (broad SMARTS) is 1. The largest absolute Gasteiger partial charge is 0.480 e. The van der Waals surface area contributed by atoms with Crippen LogP contribution >= 0.6 is 0 Å². The van der Waals surface area contributed by atoms with Gasteiger partial charge < -0.3 is 21.1 Å². The number of hydrogen-bond donors (Lipinski definition) is 4. The summed E-state index contributed by atoms with van der Waals surface area (Å²) in [5.74, 6) is -2.15. The van der Waals surface area contributed by atoms with Gasteiger partial charge in [0.25, 0.3) is 5.91 Å². The first-order valence-corrected chi connectivity index (χ1v) is 5.50. The van der Waals surface area contributed by atoms with Gasteiger partial charge in [0, 0.05) is 26.2 Å². The van der Waals surface area contributed by atoms with E-state index in [0.29, 0.717) is 13.1 Å². The second kappa shape index (κ2) is 8.52. The number of amides is 2. The first-order valence-electron chi connectivity index (χ1n) is 5.50. The van der Waals surface area contributed by atoms with Crippen LogP contribution in [0.1, 0.15) is 13.8 Å². The fraction of sp³-hybridized carbons (Fsp3) is 0.455. The van der Waals surface area contributed by atoms with Crippen molar-refractivity contribution < 1.29 is 19.5 Å². The van der Waals surface area contributed by atoms with Gasteiger partial charge in [-0.15, -0.1) is 0 Å². The average molecular weight is 268 g/mol. The number of rotatable bonds is 7. The number of nitrogens with one attached hydrogen (secondary N) is 3. The normalized spacial score (nSPS) is 11.9. The van der Waals surface area contributed by atoms with E-state index in [9.17, 15) is 14.4 Å². The number of hydrogen-bond acceptors (Lipinski definition) is 5. The van der Waals surface area contributed by atoms with Gasteiger partial charge >= 0.3 is 5.97 Å². The summed E-state index contributed by atoms with van der Waals surface area (Å²) in [6.07, 6.45) is 1.17. The third kappa shape index (κ3) is 7.38. The van der Waals surface area contributed by atoms with E-state index in [2.05, 4.69) is 16.0 Å². The summed E-state index contributed by atoms with van der Waals surface area (Å²) in [6, 6.07) is 0.572. The molecular formula is C11H16N4O4. The number of nitrogens with zero attached hydrogens (tertiary/aromatic N) is 1. The maximum Gasteiger partial charge on any atom is 0.325 e. The number of carbonyl (C=O) groups is 3. The maximum absolute atomic E-state index is 11.5. The van der Waals surface area contributed by atoms with Crippen molar-refractivity contribution in [1.82, 2.24) is 16.0 Å².